The fraction of sp³-hybridized carbons (Fsp3) is 0.364. The highest BCUT2D eigenvalue weighted by Crippen LogP contribution is 2.18. The second kappa shape index (κ2) is 9.93. The zero-order valence-corrected chi connectivity index (χ0v) is 18.6. The van der Waals surface area contributed by atoms with Crippen LogP contribution in [0.2, 0.25) is 0 Å². The molecule has 1 heterocycles. The Morgan fingerprint density at radius 1 is 0.806 bits per heavy atom. The first kappa shape index (κ1) is 22.8. The van der Waals surface area contributed by atoms with Gasteiger partial charge in [0, 0.05) is 44.1 Å². The molecule has 0 radical (unpaired) electrons. The number of hydrogen-bond acceptors (Lipinski definition) is 4. The monoisotopic (exact) mass is 444 g/mol. The molecular formula is C22H28N4O4S. The first-order valence-electron chi connectivity index (χ1n) is 10.3. The van der Waals surface area contributed by atoms with E-state index in [0.29, 0.717) is 16.9 Å². The quantitative estimate of drug-likeness (QED) is 0.736. The van der Waals surface area contributed by atoms with Gasteiger partial charge in [0.15, 0.2) is 0 Å². The molecular weight excluding hydrogens is 416 g/mol. The van der Waals surface area contributed by atoms with Gasteiger partial charge in [0.1, 0.15) is 0 Å². The van der Waals surface area contributed by atoms with E-state index in [1.54, 1.807) is 24.3 Å². The summed E-state index contributed by atoms with van der Waals surface area (Å²) in [4.78, 5) is 26.8. The summed E-state index contributed by atoms with van der Waals surface area (Å²) in [5.74, 6) is -0.352. The Hall–Kier alpha value is -2.91. The largest absolute Gasteiger partial charge is 0.325 e. The summed E-state index contributed by atoms with van der Waals surface area (Å²) in [6.07, 6.45) is 4.37. The minimum Gasteiger partial charge on any atom is -0.325 e. The van der Waals surface area contributed by atoms with Crippen molar-refractivity contribution in [3.05, 3.63) is 54.1 Å². The highest BCUT2D eigenvalue weighted by atomic mass is 32.2. The fourth-order valence-corrected chi connectivity index (χ4v) is 4.21. The molecule has 3 amide bonds. The lowest BCUT2D eigenvalue weighted by molar-refractivity contribution is 0.102. The third-order valence-electron chi connectivity index (χ3n) is 5.18. The second-order valence-corrected chi connectivity index (χ2v) is 9.83. The smallest absolute Gasteiger partial charge is 0.321 e. The predicted octanol–water partition coefficient (Wildman–Crippen LogP) is 3.60. The van der Waals surface area contributed by atoms with Crippen molar-refractivity contribution < 1.29 is 18.0 Å². The van der Waals surface area contributed by atoms with E-state index in [4.69, 9.17) is 0 Å². The number of sulfonamides is 1. The molecule has 31 heavy (non-hydrogen) atoms. The normalized spacial score (nSPS) is 14.7. The molecule has 9 heteroatoms. The zero-order chi connectivity index (χ0) is 22.4. The number of urea groups is 1. The number of likely N-dealkylation sites (tertiary alicyclic amines) is 1. The van der Waals surface area contributed by atoms with Gasteiger partial charge in [-0.2, -0.15) is 0 Å². The van der Waals surface area contributed by atoms with Gasteiger partial charge in [-0.15, -0.1) is 0 Å². The average Bonchev–Trinajstić information content (AvgIpc) is 3.05. The van der Waals surface area contributed by atoms with Gasteiger partial charge in [-0.05, 0) is 61.4 Å². The minimum absolute atomic E-state index is 0.105. The van der Waals surface area contributed by atoms with Crippen molar-refractivity contribution in [2.24, 2.45) is 0 Å². The standard InChI is InChI=1S/C22H28N4O4S/c1-25(2)31(29,30)20-13-7-17(8-14-20)21(27)23-18-9-11-19(12-10-18)24-22(28)26-15-5-3-4-6-16-26/h7-14H,3-6,15-16H2,1-2H3,(H,23,27)(H,24,28). The minimum atomic E-state index is -3.54. The van der Waals surface area contributed by atoms with Gasteiger partial charge in [0.05, 0.1) is 4.90 Å². The maximum Gasteiger partial charge on any atom is 0.321 e. The first-order valence-corrected chi connectivity index (χ1v) is 11.7. The molecule has 0 aromatic heterocycles. The van der Waals surface area contributed by atoms with Gasteiger partial charge in [-0.3, -0.25) is 4.79 Å². The molecule has 1 aliphatic heterocycles. The van der Waals surface area contributed by atoms with Crippen LogP contribution in [0, 0.1) is 0 Å². The number of carbonyl (C=O) groups is 2. The molecule has 1 saturated heterocycles. The first-order chi connectivity index (χ1) is 14.8. The van der Waals surface area contributed by atoms with Crippen LogP contribution in [-0.4, -0.2) is 56.7 Å². The maximum absolute atomic E-state index is 12.5. The SMILES string of the molecule is CN(C)S(=O)(=O)c1ccc(C(=O)Nc2ccc(NC(=O)N3CCCCCC3)cc2)cc1. The molecule has 0 aliphatic carbocycles. The van der Waals surface area contributed by atoms with E-state index in [2.05, 4.69) is 10.6 Å². The van der Waals surface area contributed by atoms with E-state index in [9.17, 15) is 18.0 Å². The highest BCUT2D eigenvalue weighted by molar-refractivity contribution is 7.89. The molecule has 0 bridgehead atoms. The number of amides is 3. The average molecular weight is 445 g/mol. The van der Waals surface area contributed by atoms with Crippen molar-refractivity contribution >= 4 is 33.3 Å². The van der Waals surface area contributed by atoms with E-state index < -0.39 is 10.0 Å². The molecule has 0 saturated carbocycles. The van der Waals surface area contributed by atoms with E-state index in [-0.39, 0.29) is 16.8 Å². The lowest BCUT2D eigenvalue weighted by atomic mass is 10.2. The summed E-state index contributed by atoms with van der Waals surface area (Å²) in [6, 6.07) is 12.5. The van der Waals surface area contributed by atoms with Crippen molar-refractivity contribution in [3.63, 3.8) is 0 Å². The number of hydrogen-bond donors (Lipinski definition) is 2. The van der Waals surface area contributed by atoms with E-state index >= 15 is 0 Å². The fourth-order valence-electron chi connectivity index (χ4n) is 3.31. The zero-order valence-electron chi connectivity index (χ0n) is 17.8. The van der Waals surface area contributed by atoms with Crippen LogP contribution in [0.25, 0.3) is 0 Å². The van der Waals surface area contributed by atoms with E-state index in [0.717, 1.165) is 43.1 Å². The van der Waals surface area contributed by atoms with Crippen molar-refractivity contribution in [1.29, 1.82) is 0 Å². The topological polar surface area (TPSA) is 98.8 Å². The lowest BCUT2D eigenvalue weighted by Crippen LogP contribution is -2.35. The molecule has 3 rings (SSSR count). The van der Waals surface area contributed by atoms with Crippen LogP contribution in [0.3, 0.4) is 0 Å². The molecule has 1 fully saturated rings. The summed E-state index contributed by atoms with van der Waals surface area (Å²) >= 11 is 0. The Morgan fingerprint density at radius 2 is 1.32 bits per heavy atom. The van der Waals surface area contributed by atoms with Gasteiger partial charge in [-0.1, -0.05) is 12.8 Å². The van der Waals surface area contributed by atoms with E-state index in [1.165, 1.54) is 38.4 Å². The van der Waals surface area contributed by atoms with Crippen LogP contribution in [0.15, 0.2) is 53.4 Å². The Bertz CT molecular complexity index is 1010. The Kier molecular flexibility index (Phi) is 7.29. The van der Waals surface area contributed by atoms with Gasteiger partial charge >= 0.3 is 6.03 Å². The molecule has 0 spiro atoms. The van der Waals surface area contributed by atoms with Crippen LogP contribution in [0.1, 0.15) is 36.0 Å². The van der Waals surface area contributed by atoms with E-state index in [1.807, 2.05) is 4.90 Å². The molecule has 8 nitrogen and oxygen atoms in total. The van der Waals surface area contributed by atoms with Gasteiger partial charge in [0.25, 0.3) is 5.91 Å². The number of rotatable bonds is 5. The van der Waals surface area contributed by atoms with Crippen LogP contribution in [-0.2, 0) is 10.0 Å². The summed E-state index contributed by atoms with van der Waals surface area (Å²) in [5, 5.41) is 5.66. The van der Waals surface area contributed by atoms with Crippen LogP contribution in [0.4, 0.5) is 16.2 Å². The lowest BCUT2D eigenvalue weighted by Gasteiger charge is -2.20. The predicted molar refractivity (Wildman–Crippen MR) is 121 cm³/mol. The second-order valence-electron chi connectivity index (χ2n) is 7.67. The summed E-state index contributed by atoms with van der Waals surface area (Å²) < 4.78 is 25.4. The molecule has 0 atom stereocenters. The molecule has 2 aromatic rings. The number of nitrogens with zero attached hydrogens (tertiary/aromatic N) is 2. The van der Waals surface area contributed by atoms with Gasteiger partial charge in [0.2, 0.25) is 10.0 Å². The summed E-state index contributed by atoms with van der Waals surface area (Å²) in [7, 11) is -0.631. The number of benzene rings is 2. The third kappa shape index (κ3) is 5.83. The highest BCUT2D eigenvalue weighted by Gasteiger charge is 2.18. The Morgan fingerprint density at radius 3 is 1.84 bits per heavy atom. The van der Waals surface area contributed by atoms with Crippen LogP contribution >= 0.6 is 0 Å². The molecule has 2 aromatic carbocycles. The van der Waals surface area contributed by atoms with Crippen molar-refractivity contribution in [1.82, 2.24) is 9.21 Å². The van der Waals surface area contributed by atoms with Gasteiger partial charge < -0.3 is 15.5 Å². The van der Waals surface area contributed by atoms with Crippen molar-refractivity contribution in [2.45, 2.75) is 30.6 Å². The Balaban J connectivity index is 1.59. The van der Waals surface area contributed by atoms with Crippen molar-refractivity contribution in [2.75, 3.05) is 37.8 Å². The number of carbonyl (C=O) groups excluding carboxylic acids is 2. The Labute approximate surface area is 183 Å². The van der Waals surface area contributed by atoms with Crippen LogP contribution in [0.5, 0.6) is 0 Å². The summed E-state index contributed by atoms with van der Waals surface area (Å²) in [5.41, 5.74) is 1.57. The van der Waals surface area contributed by atoms with Gasteiger partial charge in [-0.25, -0.2) is 17.5 Å². The maximum atomic E-state index is 12.5. The number of anilines is 2. The third-order valence-corrected chi connectivity index (χ3v) is 7.01. The van der Waals surface area contributed by atoms with Crippen LogP contribution < -0.4 is 10.6 Å². The van der Waals surface area contributed by atoms with Crippen molar-refractivity contribution in [3.8, 4) is 0 Å². The molecule has 2 N–H and O–H groups in total. The number of nitrogens with one attached hydrogen (secondary N) is 2. The summed E-state index contributed by atoms with van der Waals surface area (Å²) in [6.45, 7) is 1.54. The molecule has 1 aliphatic rings. The molecule has 0 unspecified atom stereocenters. The molecule has 166 valence electrons.